The van der Waals surface area contributed by atoms with Gasteiger partial charge in [0.25, 0.3) is 0 Å². The highest BCUT2D eigenvalue weighted by atomic mass is 24.3. The molecule has 0 aromatic heterocycles. The van der Waals surface area contributed by atoms with Crippen LogP contribution in [0.25, 0.3) is 0 Å². The van der Waals surface area contributed by atoms with Gasteiger partial charge in [0, 0.05) is 23.1 Å². The first kappa shape index (κ1) is 10.8. The molecule has 0 unspecified atom stereocenters. The highest BCUT2D eigenvalue weighted by Gasteiger charge is 1.95. The molecule has 0 fully saturated rings. The lowest BCUT2D eigenvalue weighted by molar-refractivity contribution is 0.467. The van der Waals surface area contributed by atoms with Crippen molar-refractivity contribution in [2.75, 3.05) is 0 Å². The molecular formula is C9H12MgO. The van der Waals surface area contributed by atoms with Crippen LogP contribution < -0.4 is 0 Å². The average Bonchev–Trinajstić information content (AvgIpc) is 1.94. The van der Waals surface area contributed by atoms with Gasteiger partial charge in [-0.25, -0.2) is 0 Å². The summed E-state index contributed by atoms with van der Waals surface area (Å²) >= 11 is 0. The lowest BCUT2D eigenvalue weighted by Gasteiger charge is -1.99. The molecule has 0 saturated heterocycles. The highest BCUT2D eigenvalue weighted by Crippen LogP contribution is 2.16. The Kier molecular flexibility index (Phi) is 5.33. The van der Waals surface area contributed by atoms with E-state index in [1.165, 1.54) is 0 Å². The fourth-order valence-corrected chi connectivity index (χ4v) is 0.992. The quantitative estimate of drug-likeness (QED) is 0.656. The van der Waals surface area contributed by atoms with Gasteiger partial charge in [-0.15, -0.1) is 0 Å². The largest absolute Gasteiger partial charge is 0.508 e. The van der Waals surface area contributed by atoms with Crippen molar-refractivity contribution in [1.82, 2.24) is 0 Å². The minimum Gasteiger partial charge on any atom is -0.508 e. The molecule has 1 aromatic carbocycles. The van der Waals surface area contributed by atoms with E-state index in [1.54, 1.807) is 6.07 Å². The molecule has 1 N–H and O–H groups in total. The van der Waals surface area contributed by atoms with Gasteiger partial charge < -0.3 is 5.11 Å². The monoisotopic (exact) mass is 160 g/mol. The second-order valence-electron chi connectivity index (χ2n) is 2.38. The van der Waals surface area contributed by atoms with Crippen molar-refractivity contribution in [3.63, 3.8) is 0 Å². The van der Waals surface area contributed by atoms with Crippen LogP contribution in [0.2, 0.25) is 0 Å². The average molecular weight is 160 g/mol. The lowest BCUT2D eigenvalue weighted by Crippen LogP contribution is -1.81. The molecule has 0 aliphatic carbocycles. The summed E-state index contributed by atoms with van der Waals surface area (Å²) in [7, 11) is 0. The molecule has 0 spiro atoms. The Bertz CT molecular complexity index is 210. The van der Waals surface area contributed by atoms with Crippen LogP contribution in [0.5, 0.6) is 5.75 Å². The number of aryl methyl sites for hydroxylation is 1. The second kappa shape index (κ2) is 5.44. The molecule has 2 radical (unpaired) electrons. The number of aromatic hydroxyl groups is 1. The van der Waals surface area contributed by atoms with Gasteiger partial charge in [0.15, 0.2) is 0 Å². The lowest BCUT2D eigenvalue weighted by atomic mass is 10.1. The summed E-state index contributed by atoms with van der Waals surface area (Å²) in [4.78, 5) is 0. The van der Waals surface area contributed by atoms with Crippen LogP contribution in [-0.2, 0) is 6.42 Å². The first-order valence-corrected chi connectivity index (χ1v) is 3.61. The van der Waals surface area contributed by atoms with Crippen molar-refractivity contribution < 1.29 is 5.11 Å². The van der Waals surface area contributed by atoms with E-state index in [0.717, 1.165) is 18.4 Å². The number of benzene rings is 1. The molecule has 11 heavy (non-hydrogen) atoms. The van der Waals surface area contributed by atoms with Crippen LogP contribution in [-0.4, -0.2) is 28.2 Å². The van der Waals surface area contributed by atoms with E-state index in [2.05, 4.69) is 6.92 Å². The Hall–Kier alpha value is -0.214. The van der Waals surface area contributed by atoms with E-state index in [-0.39, 0.29) is 23.1 Å². The predicted molar refractivity (Wildman–Crippen MR) is 47.9 cm³/mol. The number of hydrogen-bond acceptors (Lipinski definition) is 1. The molecule has 0 aliphatic heterocycles. The van der Waals surface area contributed by atoms with Gasteiger partial charge in [-0.1, -0.05) is 31.5 Å². The molecule has 56 valence electrons. The van der Waals surface area contributed by atoms with Crippen molar-refractivity contribution in [3.05, 3.63) is 29.8 Å². The third kappa shape index (κ3) is 3.12. The normalized spacial score (nSPS) is 8.82. The molecule has 1 nitrogen and oxygen atoms in total. The topological polar surface area (TPSA) is 20.2 Å². The molecule has 0 saturated carbocycles. The third-order valence-corrected chi connectivity index (χ3v) is 1.51. The zero-order valence-electron chi connectivity index (χ0n) is 6.88. The van der Waals surface area contributed by atoms with Crippen molar-refractivity contribution >= 4 is 23.1 Å². The second-order valence-corrected chi connectivity index (χ2v) is 2.38. The summed E-state index contributed by atoms with van der Waals surface area (Å²) in [5.74, 6) is 0.421. The highest BCUT2D eigenvalue weighted by molar-refractivity contribution is 5.75. The van der Waals surface area contributed by atoms with Crippen LogP contribution >= 0.6 is 0 Å². The van der Waals surface area contributed by atoms with Crippen molar-refractivity contribution in [2.24, 2.45) is 0 Å². The predicted octanol–water partition coefficient (Wildman–Crippen LogP) is 1.96. The maximum absolute atomic E-state index is 9.24. The molecule has 0 heterocycles. The van der Waals surface area contributed by atoms with Crippen LogP contribution in [0.3, 0.4) is 0 Å². The van der Waals surface area contributed by atoms with Crippen molar-refractivity contribution in [3.8, 4) is 5.75 Å². The minimum atomic E-state index is 0. The first-order valence-electron chi connectivity index (χ1n) is 3.61. The van der Waals surface area contributed by atoms with Gasteiger partial charge in [-0.3, -0.25) is 0 Å². The smallest absolute Gasteiger partial charge is 0.118 e. The maximum atomic E-state index is 9.24. The molecule has 0 bridgehead atoms. The van der Waals surface area contributed by atoms with Gasteiger partial charge in [0.05, 0.1) is 0 Å². The van der Waals surface area contributed by atoms with Gasteiger partial charge in [0.1, 0.15) is 5.75 Å². The van der Waals surface area contributed by atoms with Crippen LogP contribution in [0.1, 0.15) is 18.9 Å². The Balaban J connectivity index is 0.000001000. The van der Waals surface area contributed by atoms with Crippen LogP contribution in [0.15, 0.2) is 24.3 Å². The van der Waals surface area contributed by atoms with Gasteiger partial charge in [-0.05, 0) is 18.1 Å². The molecule has 0 atom stereocenters. The van der Waals surface area contributed by atoms with E-state index in [1.807, 2.05) is 18.2 Å². The Morgan fingerprint density at radius 3 is 2.45 bits per heavy atom. The maximum Gasteiger partial charge on any atom is 0.118 e. The molecular weight excluding hydrogens is 148 g/mol. The summed E-state index contributed by atoms with van der Waals surface area (Å²) < 4.78 is 0. The SMILES string of the molecule is CCCc1ccccc1O.[Mg]. The van der Waals surface area contributed by atoms with E-state index in [4.69, 9.17) is 0 Å². The minimum absolute atomic E-state index is 0. The summed E-state index contributed by atoms with van der Waals surface area (Å²) in [6.07, 6.45) is 2.05. The van der Waals surface area contributed by atoms with E-state index in [0.29, 0.717) is 5.75 Å². The van der Waals surface area contributed by atoms with Gasteiger partial charge >= 0.3 is 0 Å². The molecule has 0 amide bonds. The Morgan fingerprint density at radius 2 is 1.91 bits per heavy atom. The summed E-state index contributed by atoms with van der Waals surface area (Å²) in [5, 5.41) is 9.24. The van der Waals surface area contributed by atoms with Crippen molar-refractivity contribution in [1.29, 1.82) is 0 Å². The molecule has 2 heteroatoms. The molecule has 0 aliphatic rings. The van der Waals surface area contributed by atoms with E-state index >= 15 is 0 Å². The third-order valence-electron chi connectivity index (χ3n) is 1.51. The Morgan fingerprint density at radius 1 is 1.27 bits per heavy atom. The fourth-order valence-electron chi connectivity index (χ4n) is 0.992. The number of phenols is 1. The number of hydrogen-bond donors (Lipinski definition) is 1. The fraction of sp³-hybridized carbons (Fsp3) is 0.333. The van der Waals surface area contributed by atoms with Crippen LogP contribution in [0.4, 0.5) is 0 Å². The zero-order chi connectivity index (χ0) is 7.40. The van der Waals surface area contributed by atoms with E-state index < -0.39 is 0 Å². The van der Waals surface area contributed by atoms with Crippen LogP contribution in [0, 0.1) is 0 Å². The summed E-state index contributed by atoms with van der Waals surface area (Å²) in [6.45, 7) is 2.10. The summed E-state index contributed by atoms with van der Waals surface area (Å²) in [6, 6.07) is 7.48. The molecule has 1 aromatic rings. The van der Waals surface area contributed by atoms with Gasteiger partial charge in [-0.2, -0.15) is 0 Å². The number of phenolic OH excluding ortho intramolecular Hbond substituents is 1. The molecule has 1 rings (SSSR count). The summed E-state index contributed by atoms with van der Waals surface area (Å²) in [5.41, 5.74) is 1.05. The standard InChI is InChI=1S/C9H12O.Mg/c1-2-5-8-6-3-4-7-9(8)10;/h3-4,6-7,10H,2,5H2,1H3;. The first-order chi connectivity index (χ1) is 4.84. The zero-order valence-corrected chi connectivity index (χ0v) is 8.29. The van der Waals surface area contributed by atoms with Crippen molar-refractivity contribution in [2.45, 2.75) is 19.8 Å². The van der Waals surface area contributed by atoms with Gasteiger partial charge in [0.2, 0.25) is 0 Å². The van der Waals surface area contributed by atoms with E-state index in [9.17, 15) is 5.11 Å². The number of rotatable bonds is 2. The number of para-hydroxylation sites is 1. The Labute approximate surface area is 83.6 Å².